The third kappa shape index (κ3) is 3.47. The molecule has 0 aliphatic carbocycles. The third-order valence-electron chi connectivity index (χ3n) is 6.95. The minimum Gasteiger partial charge on any atom is -0.371 e. The van der Waals surface area contributed by atoms with Gasteiger partial charge >= 0.3 is 0 Å². The van der Waals surface area contributed by atoms with Crippen molar-refractivity contribution < 1.29 is 4.79 Å². The van der Waals surface area contributed by atoms with Gasteiger partial charge in [0.2, 0.25) is 0 Å². The van der Waals surface area contributed by atoms with E-state index in [0.717, 1.165) is 43.1 Å². The Morgan fingerprint density at radius 2 is 1.10 bits per heavy atom. The highest BCUT2D eigenvalue weighted by molar-refractivity contribution is 5.79. The van der Waals surface area contributed by atoms with Crippen LogP contribution in [0.4, 0.5) is 11.4 Å². The number of benzene rings is 2. The number of rotatable bonds is 1. The Labute approximate surface area is 179 Å². The van der Waals surface area contributed by atoms with Crippen molar-refractivity contribution in [3.05, 3.63) is 57.6 Å². The van der Waals surface area contributed by atoms with E-state index in [0.29, 0.717) is 0 Å². The summed E-state index contributed by atoms with van der Waals surface area (Å²) in [5.74, 6) is 0. The van der Waals surface area contributed by atoms with Gasteiger partial charge in [-0.1, -0.05) is 0 Å². The summed E-state index contributed by atoms with van der Waals surface area (Å²) in [6, 6.07) is 10.6. The second kappa shape index (κ2) is 8.14. The van der Waals surface area contributed by atoms with Crippen LogP contribution in [0.3, 0.4) is 0 Å². The number of nitrogens with zero attached hydrogens (tertiary/aromatic N) is 3. The zero-order chi connectivity index (χ0) is 20.5. The lowest BCUT2D eigenvalue weighted by atomic mass is 9.90. The molecule has 4 heterocycles. The molecule has 0 unspecified atom stereocenters. The Bertz CT molecular complexity index is 957. The second-order valence-electron chi connectivity index (χ2n) is 8.95. The molecule has 0 amide bonds. The molecule has 0 fully saturated rings. The first kappa shape index (κ1) is 19.2. The first-order chi connectivity index (χ1) is 14.8. The van der Waals surface area contributed by atoms with Crippen molar-refractivity contribution in [3.63, 3.8) is 0 Å². The van der Waals surface area contributed by atoms with Crippen molar-refractivity contribution in [2.45, 2.75) is 51.4 Å². The van der Waals surface area contributed by atoms with E-state index in [1.54, 1.807) is 0 Å². The summed E-state index contributed by atoms with van der Waals surface area (Å²) in [7, 11) is 0. The first-order valence-electron chi connectivity index (χ1n) is 11.4. The summed E-state index contributed by atoms with van der Waals surface area (Å²) in [6.45, 7) is 4.79. The van der Waals surface area contributed by atoms with Crippen molar-refractivity contribution in [2.24, 2.45) is 0 Å². The molecule has 4 aliphatic rings. The predicted molar refractivity (Wildman–Crippen MR) is 121 cm³/mol. The van der Waals surface area contributed by atoms with E-state index in [4.69, 9.17) is 5.26 Å². The van der Waals surface area contributed by atoms with Crippen molar-refractivity contribution >= 4 is 17.7 Å². The fraction of sp³-hybridized carbons (Fsp3) is 0.462. The van der Waals surface area contributed by atoms with Crippen LogP contribution in [0.25, 0.3) is 0 Å². The van der Waals surface area contributed by atoms with Gasteiger partial charge in [0.25, 0.3) is 0 Å². The number of anilines is 2. The highest BCUT2D eigenvalue weighted by Crippen LogP contribution is 2.36. The van der Waals surface area contributed by atoms with Crippen LogP contribution in [0, 0.1) is 11.3 Å². The van der Waals surface area contributed by atoms with Gasteiger partial charge in [0.15, 0.2) is 0 Å². The molecule has 0 radical (unpaired) electrons. The Morgan fingerprint density at radius 3 is 1.47 bits per heavy atom. The number of hydrogen-bond donors (Lipinski definition) is 0. The molecular weight excluding hydrogens is 370 g/mol. The van der Waals surface area contributed by atoms with Crippen molar-refractivity contribution in [3.8, 4) is 6.07 Å². The maximum Gasteiger partial charge on any atom is 0.150 e. The molecule has 2 aromatic rings. The van der Waals surface area contributed by atoms with Crippen LogP contribution in [-0.4, -0.2) is 32.5 Å². The second-order valence-corrected chi connectivity index (χ2v) is 8.95. The van der Waals surface area contributed by atoms with Gasteiger partial charge in [0.1, 0.15) is 6.29 Å². The minimum absolute atomic E-state index is 0.840. The maximum absolute atomic E-state index is 10.8. The molecule has 4 heteroatoms. The largest absolute Gasteiger partial charge is 0.371 e. The summed E-state index contributed by atoms with van der Waals surface area (Å²) in [5, 5.41) is 8.98. The smallest absolute Gasteiger partial charge is 0.150 e. The predicted octanol–water partition coefficient (Wildman–Crippen LogP) is 4.45. The molecule has 4 aliphatic heterocycles. The average Bonchev–Trinajstić information content (AvgIpc) is 2.80. The monoisotopic (exact) mass is 399 g/mol. The van der Waals surface area contributed by atoms with Gasteiger partial charge in [-0.2, -0.15) is 5.26 Å². The zero-order valence-electron chi connectivity index (χ0n) is 17.6. The molecule has 6 rings (SSSR count). The van der Waals surface area contributed by atoms with Crippen LogP contribution < -0.4 is 9.80 Å². The molecule has 2 aromatic carbocycles. The van der Waals surface area contributed by atoms with Gasteiger partial charge in [-0.3, -0.25) is 4.79 Å². The highest BCUT2D eigenvalue weighted by Gasteiger charge is 2.25. The lowest BCUT2D eigenvalue weighted by molar-refractivity contribution is 0.112. The number of aldehydes is 1. The van der Waals surface area contributed by atoms with Gasteiger partial charge in [-0.05, 0) is 97.9 Å². The molecule has 4 nitrogen and oxygen atoms in total. The van der Waals surface area contributed by atoms with Gasteiger partial charge < -0.3 is 9.80 Å². The summed E-state index contributed by atoms with van der Waals surface area (Å²) in [6.07, 6.45) is 10.5. The lowest BCUT2D eigenvalue weighted by Crippen LogP contribution is -2.34. The normalized spacial score (nSPS) is 18.4. The topological polar surface area (TPSA) is 47.3 Å². The van der Waals surface area contributed by atoms with Crippen LogP contribution >= 0.6 is 0 Å². The molecule has 0 saturated heterocycles. The van der Waals surface area contributed by atoms with E-state index < -0.39 is 0 Å². The Kier molecular flexibility index (Phi) is 5.21. The van der Waals surface area contributed by atoms with Crippen LogP contribution in [0.5, 0.6) is 0 Å². The Hall–Kier alpha value is -2.80. The van der Waals surface area contributed by atoms with Gasteiger partial charge in [-0.15, -0.1) is 0 Å². The molecule has 30 heavy (non-hydrogen) atoms. The van der Waals surface area contributed by atoms with E-state index in [1.165, 1.54) is 85.5 Å². The fourth-order valence-corrected chi connectivity index (χ4v) is 5.77. The molecule has 0 atom stereocenters. The molecule has 0 spiro atoms. The molecule has 0 bridgehead atoms. The summed E-state index contributed by atoms with van der Waals surface area (Å²) in [5.41, 5.74) is 10.2. The molecule has 0 N–H and O–H groups in total. The maximum atomic E-state index is 10.8. The standard InChI is InChI=1S/C13H14N2.C13H15NO/c14-9-10-7-11-3-1-5-15-6-2-4-12(8-10)13(11)15;15-9-10-7-11-3-1-5-14-6-2-4-12(8-10)13(11)14/h7-8H,1-6H2;7-9H,1-6H2. The minimum atomic E-state index is 0.840. The Balaban J connectivity index is 0.000000128. The van der Waals surface area contributed by atoms with E-state index >= 15 is 0 Å². The molecule has 0 aromatic heterocycles. The van der Waals surface area contributed by atoms with Crippen molar-refractivity contribution in [1.29, 1.82) is 5.26 Å². The Morgan fingerprint density at radius 1 is 0.700 bits per heavy atom. The number of hydrogen-bond acceptors (Lipinski definition) is 4. The fourth-order valence-electron chi connectivity index (χ4n) is 5.77. The van der Waals surface area contributed by atoms with Gasteiger partial charge in [0, 0.05) is 43.1 Å². The van der Waals surface area contributed by atoms with Gasteiger partial charge in [0.05, 0.1) is 11.6 Å². The SMILES string of the molecule is N#Cc1cc2c3c(c1)CCCN3CCC2.O=Cc1cc2c3c(c1)CCCN3CCC2. The zero-order valence-corrected chi connectivity index (χ0v) is 17.6. The van der Waals surface area contributed by atoms with Gasteiger partial charge in [-0.25, -0.2) is 0 Å². The number of carbonyl (C=O) groups is 1. The molecule has 154 valence electrons. The number of carbonyl (C=O) groups excluding carboxylic acids is 1. The highest BCUT2D eigenvalue weighted by atomic mass is 16.1. The van der Waals surface area contributed by atoms with Crippen LogP contribution in [0.2, 0.25) is 0 Å². The molecular formula is C26H29N3O. The molecule has 0 saturated carbocycles. The third-order valence-corrected chi connectivity index (χ3v) is 6.95. The summed E-state index contributed by atoms with van der Waals surface area (Å²) < 4.78 is 0. The van der Waals surface area contributed by atoms with E-state index in [-0.39, 0.29) is 0 Å². The van der Waals surface area contributed by atoms with Crippen LogP contribution in [0.15, 0.2) is 24.3 Å². The summed E-state index contributed by atoms with van der Waals surface area (Å²) >= 11 is 0. The van der Waals surface area contributed by atoms with E-state index in [1.807, 2.05) is 0 Å². The summed E-state index contributed by atoms with van der Waals surface area (Å²) in [4.78, 5) is 15.8. The quantitative estimate of drug-likeness (QED) is 0.665. The first-order valence-corrected chi connectivity index (χ1v) is 11.4. The van der Waals surface area contributed by atoms with Crippen LogP contribution in [0.1, 0.15) is 63.9 Å². The average molecular weight is 400 g/mol. The number of nitriles is 1. The van der Waals surface area contributed by atoms with Crippen molar-refractivity contribution in [1.82, 2.24) is 0 Å². The van der Waals surface area contributed by atoms with Crippen LogP contribution in [-0.2, 0) is 25.7 Å². The van der Waals surface area contributed by atoms with Crippen molar-refractivity contribution in [2.75, 3.05) is 36.0 Å². The number of aryl methyl sites for hydroxylation is 4. The van der Waals surface area contributed by atoms with E-state index in [2.05, 4.69) is 40.1 Å². The lowest BCUT2D eigenvalue weighted by Gasteiger charge is -2.37. The van der Waals surface area contributed by atoms with E-state index in [9.17, 15) is 4.79 Å².